The number of aromatic nitrogens is 1. The van der Waals surface area contributed by atoms with Crippen molar-refractivity contribution in [3.63, 3.8) is 0 Å². The Morgan fingerprint density at radius 2 is 1.77 bits per heavy atom. The zero-order chi connectivity index (χ0) is 25.4. The SMILES string of the molecule is NCc1ccnc(S(=O)(=O)CC2CC(c3ccccc3F)CN2S(=O)(=O)N2CCS(=O)(=O)CC2)c1. The van der Waals surface area contributed by atoms with Gasteiger partial charge in [-0.3, -0.25) is 0 Å². The molecule has 2 saturated heterocycles. The van der Waals surface area contributed by atoms with Crippen LogP contribution in [0.15, 0.2) is 47.6 Å². The molecular weight excluding hydrogens is 519 g/mol. The van der Waals surface area contributed by atoms with Gasteiger partial charge in [0.25, 0.3) is 10.2 Å². The van der Waals surface area contributed by atoms with E-state index in [9.17, 15) is 29.6 Å². The molecular formula is C21H27FN4O6S3. The molecule has 1 aromatic carbocycles. The van der Waals surface area contributed by atoms with E-state index >= 15 is 0 Å². The summed E-state index contributed by atoms with van der Waals surface area (Å²) in [6.07, 6.45) is 1.41. The predicted octanol–water partition coefficient (Wildman–Crippen LogP) is 0.286. The van der Waals surface area contributed by atoms with E-state index in [1.54, 1.807) is 18.2 Å². The number of pyridine rings is 1. The lowest BCUT2D eigenvalue weighted by Gasteiger charge is -2.32. The van der Waals surface area contributed by atoms with E-state index < -0.39 is 53.4 Å². The number of sulfone groups is 2. The normalized spacial score (nSPS) is 23.9. The standard InChI is InChI=1S/C21H27FN4O6S3/c22-20-4-2-1-3-19(20)17-12-18(15-34(29,30)21-11-16(13-23)5-6-24-21)26(14-17)35(31,32)25-7-9-33(27,28)10-8-25/h1-6,11,17-18H,7-10,12-15,23H2. The van der Waals surface area contributed by atoms with Crippen molar-refractivity contribution in [1.29, 1.82) is 0 Å². The van der Waals surface area contributed by atoms with Crippen molar-refractivity contribution in [2.75, 3.05) is 36.9 Å². The van der Waals surface area contributed by atoms with E-state index in [2.05, 4.69) is 4.98 Å². The van der Waals surface area contributed by atoms with E-state index in [4.69, 9.17) is 5.73 Å². The molecule has 2 aliphatic heterocycles. The molecule has 0 bridgehead atoms. The average Bonchev–Trinajstić information content (AvgIpc) is 3.22. The second kappa shape index (κ2) is 9.82. The fourth-order valence-electron chi connectivity index (χ4n) is 4.51. The molecule has 0 saturated carbocycles. The van der Waals surface area contributed by atoms with Crippen LogP contribution in [0.1, 0.15) is 23.5 Å². The number of benzene rings is 1. The summed E-state index contributed by atoms with van der Waals surface area (Å²) in [7, 11) is -11.6. The van der Waals surface area contributed by atoms with E-state index in [1.165, 1.54) is 24.4 Å². The summed E-state index contributed by atoms with van der Waals surface area (Å²) in [4.78, 5) is 3.94. The van der Waals surface area contributed by atoms with Gasteiger partial charge in [-0.15, -0.1) is 0 Å². The van der Waals surface area contributed by atoms with Gasteiger partial charge >= 0.3 is 0 Å². The van der Waals surface area contributed by atoms with Gasteiger partial charge in [0.15, 0.2) is 24.7 Å². The van der Waals surface area contributed by atoms with Crippen molar-refractivity contribution in [2.24, 2.45) is 5.73 Å². The molecule has 10 nitrogen and oxygen atoms in total. The largest absolute Gasteiger partial charge is 0.326 e. The molecule has 2 aliphatic rings. The molecule has 2 aromatic rings. The van der Waals surface area contributed by atoms with E-state index in [0.717, 1.165) is 8.61 Å². The Morgan fingerprint density at radius 3 is 2.43 bits per heavy atom. The molecule has 2 atom stereocenters. The third-order valence-corrected chi connectivity index (χ3v) is 11.8. The Bertz CT molecular complexity index is 1400. The van der Waals surface area contributed by atoms with Gasteiger partial charge < -0.3 is 5.73 Å². The minimum absolute atomic E-state index is 0.0854. The molecule has 2 N–H and O–H groups in total. The highest BCUT2D eigenvalue weighted by atomic mass is 32.2. The maximum Gasteiger partial charge on any atom is 0.282 e. The molecule has 0 amide bonds. The summed E-state index contributed by atoms with van der Waals surface area (Å²) in [6.45, 7) is -0.443. The first-order valence-corrected chi connectivity index (χ1v) is 15.9. The first kappa shape index (κ1) is 26.1. The van der Waals surface area contributed by atoms with Crippen LogP contribution in [0.3, 0.4) is 0 Å². The fraction of sp³-hybridized carbons (Fsp3) is 0.476. The number of nitrogens with zero attached hydrogens (tertiary/aromatic N) is 3. The van der Waals surface area contributed by atoms with Gasteiger partial charge in [0.2, 0.25) is 0 Å². The number of nitrogens with two attached hydrogens (primary N) is 1. The van der Waals surface area contributed by atoms with Crippen LogP contribution in [0.4, 0.5) is 4.39 Å². The van der Waals surface area contributed by atoms with E-state index in [-0.39, 0.29) is 49.1 Å². The highest BCUT2D eigenvalue weighted by Gasteiger charge is 2.46. The number of hydrogen-bond acceptors (Lipinski definition) is 8. The molecule has 0 spiro atoms. The summed E-state index contributed by atoms with van der Waals surface area (Å²) in [6, 6.07) is 7.94. The molecule has 0 aliphatic carbocycles. The van der Waals surface area contributed by atoms with Gasteiger partial charge in [-0.05, 0) is 35.7 Å². The molecule has 3 heterocycles. The molecule has 0 radical (unpaired) electrons. The highest BCUT2D eigenvalue weighted by molar-refractivity contribution is 7.92. The quantitative estimate of drug-likeness (QED) is 0.521. The third-order valence-electron chi connectivity index (χ3n) is 6.40. The molecule has 2 fully saturated rings. The molecule has 35 heavy (non-hydrogen) atoms. The Morgan fingerprint density at radius 1 is 1.09 bits per heavy atom. The van der Waals surface area contributed by atoms with Gasteiger partial charge in [-0.2, -0.15) is 17.0 Å². The molecule has 14 heteroatoms. The lowest BCUT2D eigenvalue weighted by atomic mass is 9.96. The molecule has 2 unspecified atom stereocenters. The minimum atomic E-state index is -4.21. The summed E-state index contributed by atoms with van der Waals surface area (Å²) >= 11 is 0. The van der Waals surface area contributed by atoms with Crippen LogP contribution in [0.5, 0.6) is 0 Å². The maximum absolute atomic E-state index is 14.5. The Kier molecular flexibility index (Phi) is 7.33. The molecule has 1 aromatic heterocycles. The Balaban J connectivity index is 1.67. The maximum atomic E-state index is 14.5. The van der Waals surface area contributed by atoms with Crippen molar-refractivity contribution in [3.05, 3.63) is 59.5 Å². The zero-order valence-corrected chi connectivity index (χ0v) is 21.3. The lowest BCUT2D eigenvalue weighted by molar-refractivity contribution is 0.341. The second-order valence-corrected chi connectivity index (χ2v) is 14.9. The topological polar surface area (TPSA) is 148 Å². The first-order chi connectivity index (χ1) is 16.4. The lowest BCUT2D eigenvalue weighted by Crippen LogP contribution is -2.52. The minimum Gasteiger partial charge on any atom is -0.326 e. The van der Waals surface area contributed by atoms with Crippen LogP contribution >= 0.6 is 0 Å². The van der Waals surface area contributed by atoms with Gasteiger partial charge in [0.05, 0.1) is 17.3 Å². The zero-order valence-electron chi connectivity index (χ0n) is 18.8. The van der Waals surface area contributed by atoms with Gasteiger partial charge in [0.1, 0.15) is 5.82 Å². The van der Waals surface area contributed by atoms with Gasteiger partial charge in [0, 0.05) is 44.3 Å². The summed E-state index contributed by atoms with van der Waals surface area (Å²) < 4.78 is 93.8. The van der Waals surface area contributed by atoms with Crippen LogP contribution in [0, 0.1) is 5.82 Å². The van der Waals surface area contributed by atoms with E-state index in [0.29, 0.717) is 11.1 Å². The number of halogens is 1. The van der Waals surface area contributed by atoms with Crippen molar-refractivity contribution >= 4 is 29.9 Å². The van der Waals surface area contributed by atoms with Crippen LogP contribution in [0.25, 0.3) is 0 Å². The molecule has 192 valence electrons. The first-order valence-electron chi connectivity index (χ1n) is 11.0. The van der Waals surface area contributed by atoms with Crippen LogP contribution in [-0.2, 0) is 36.4 Å². The highest BCUT2D eigenvalue weighted by Crippen LogP contribution is 2.37. The van der Waals surface area contributed by atoms with Crippen LogP contribution in [-0.4, -0.2) is 81.8 Å². The summed E-state index contributed by atoms with van der Waals surface area (Å²) in [5, 5.41) is -0.212. The smallest absolute Gasteiger partial charge is 0.282 e. The van der Waals surface area contributed by atoms with E-state index in [1.807, 2.05) is 0 Å². The summed E-state index contributed by atoms with van der Waals surface area (Å²) in [5.41, 5.74) is 6.48. The van der Waals surface area contributed by atoms with Crippen molar-refractivity contribution in [2.45, 2.75) is 30.0 Å². The fourth-order valence-corrected chi connectivity index (χ4v) is 9.43. The number of hydrogen-bond donors (Lipinski definition) is 1. The monoisotopic (exact) mass is 546 g/mol. The van der Waals surface area contributed by atoms with Crippen LogP contribution < -0.4 is 5.73 Å². The number of rotatable bonds is 7. The van der Waals surface area contributed by atoms with Crippen molar-refractivity contribution < 1.29 is 29.6 Å². The average molecular weight is 547 g/mol. The van der Waals surface area contributed by atoms with Crippen molar-refractivity contribution in [1.82, 2.24) is 13.6 Å². The van der Waals surface area contributed by atoms with Crippen molar-refractivity contribution in [3.8, 4) is 0 Å². The second-order valence-electron chi connectivity index (χ2n) is 8.72. The summed E-state index contributed by atoms with van der Waals surface area (Å²) in [5.74, 6) is -2.24. The van der Waals surface area contributed by atoms with Crippen LogP contribution in [0.2, 0.25) is 0 Å². The Labute approximate surface area is 205 Å². The predicted molar refractivity (Wildman–Crippen MR) is 128 cm³/mol. The van der Waals surface area contributed by atoms with Gasteiger partial charge in [-0.25, -0.2) is 26.2 Å². The molecule has 4 rings (SSSR count). The van der Waals surface area contributed by atoms with Gasteiger partial charge in [-0.1, -0.05) is 18.2 Å². The third kappa shape index (κ3) is 5.57. The Hall–Kier alpha value is -1.97.